The minimum atomic E-state index is 0.0247. The van der Waals surface area contributed by atoms with Crippen molar-refractivity contribution in [1.82, 2.24) is 4.90 Å². The summed E-state index contributed by atoms with van der Waals surface area (Å²) in [4.78, 5) is 17.4. The van der Waals surface area contributed by atoms with Crippen LogP contribution < -0.4 is 4.90 Å². The Morgan fingerprint density at radius 1 is 1.00 bits per heavy atom. The number of anilines is 1. The van der Waals surface area contributed by atoms with Gasteiger partial charge in [-0.05, 0) is 44.3 Å². The summed E-state index contributed by atoms with van der Waals surface area (Å²) < 4.78 is 0. The minimum absolute atomic E-state index is 0.0247. The van der Waals surface area contributed by atoms with Crippen molar-refractivity contribution in [2.24, 2.45) is 5.92 Å². The number of likely N-dealkylation sites (N-methyl/N-ethyl adjacent to an activating group) is 1. The molecule has 24 heavy (non-hydrogen) atoms. The molecule has 124 valence electrons. The van der Waals surface area contributed by atoms with E-state index >= 15 is 0 Å². The van der Waals surface area contributed by atoms with Crippen LogP contribution in [-0.4, -0.2) is 30.4 Å². The number of hydrogen-bond donors (Lipinski definition) is 0. The summed E-state index contributed by atoms with van der Waals surface area (Å²) in [6.45, 7) is 5.29. The van der Waals surface area contributed by atoms with E-state index in [1.165, 1.54) is 0 Å². The molecule has 1 heterocycles. The van der Waals surface area contributed by atoms with Crippen LogP contribution in [0.4, 0.5) is 5.69 Å². The van der Waals surface area contributed by atoms with E-state index in [2.05, 4.69) is 31.9 Å². The molecule has 0 radical (unpaired) electrons. The maximum absolute atomic E-state index is 13.2. The van der Waals surface area contributed by atoms with Gasteiger partial charge in [-0.1, -0.05) is 43.3 Å². The van der Waals surface area contributed by atoms with Crippen molar-refractivity contribution >= 4 is 11.6 Å². The number of carbonyl (C=O) groups is 1. The highest BCUT2D eigenvalue weighted by molar-refractivity contribution is 6.08. The molecule has 2 atom stereocenters. The Morgan fingerprint density at radius 2 is 1.58 bits per heavy atom. The molecule has 3 nitrogen and oxygen atoms in total. The molecule has 2 aromatic carbocycles. The van der Waals surface area contributed by atoms with E-state index in [1.807, 2.05) is 65.6 Å². The average molecular weight is 320 g/mol. The van der Waals surface area contributed by atoms with Gasteiger partial charge in [-0.25, -0.2) is 0 Å². The number of para-hydroxylation sites is 1. The van der Waals surface area contributed by atoms with Gasteiger partial charge in [-0.2, -0.15) is 0 Å². The predicted octanol–water partition coefficient (Wildman–Crippen LogP) is 4.19. The van der Waals surface area contributed by atoms with Crippen molar-refractivity contribution in [3.8, 4) is 0 Å². The van der Waals surface area contributed by atoms with E-state index in [0.717, 1.165) is 17.9 Å². The van der Waals surface area contributed by atoms with Crippen molar-refractivity contribution in [1.29, 1.82) is 0 Å². The van der Waals surface area contributed by atoms with Crippen LogP contribution in [0.5, 0.6) is 0 Å². The molecule has 0 aromatic heterocycles. The molecule has 0 spiro atoms. The van der Waals surface area contributed by atoms with Crippen LogP contribution in [0, 0.1) is 5.92 Å². The maximum Gasteiger partial charge on any atom is 0.262 e. The molecule has 0 saturated carbocycles. The molecule has 1 amide bonds. The van der Waals surface area contributed by atoms with Gasteiger partial charge < -0.3 is 0 Å². The molecular formula is C21H24N2O. The number of nitrogens with zero attached hydrogens (tertiary/aromatic N) is 2. The Labute approximate surface area is 144 Å². The van der Waals surface area contributed by atoms with E-state index in [9.17, 15) is 4.79 Å². The number of benzene rings is 2. The summed E-state index contributed by atoms with van der Waals surface area (Å²) in [5, 5.41) is 0. The molecule has 3 rings (SSSR count). The van der Waals surface area contributed by atoms with Gasteiger partial charge in [0.25, 0.3) is 5.91 Å². The Bertz CT molecular complexity index is 724. The van der Waals surface area contributed by atoms with Crippen molar-refractivity contribution in [2.75, 3.05) is 18.5 Å². The van der Waals surface area contributed by atoms with Crippen LogP contribution in [0.15, 0.2) is 72.4 Å². The molecule has 0 N–H and O–H groups in total. The Hall–Kier alpha value is -2.39. The fraction of sp³-hybridized carbons (Fsp3) is 0.286. The standard InChI is InChI=1S/C21H24N2O/c1-16-15-22(3)17(2)14-20(16)23(19-12-8-5-9-13-19)21(24)18-10-6-4-7-11-18/h4-14,16-17H,15H2,1-3H3. The highest BCUT2D eigenvalue weighted by Gasteiger charge is 2.29. The zero-order valence-corrected chi connectivity index (χ0v) is 14.5. The van der Waals surface area contributed by atoms with Gasteiger partial charge in [0.15, 0.2) is 0 Å². The molecule has 0 aliphatic carbocycles. The SMILES string of the molecule is CC1CN(C)C(C)C=C1N(C(=O)c1ccccc1)c1ccccc1. The molecule has 2 aromatic rings. The van der Waals surface area contributed by atoms with Gasteiger partial charge in [-0.15, -0.1) is 0 Å². The van der Waals surface area contributed by atoms with Crippen molar-refractivity contribution in [3.63, 3.8) is 0 Å². The van der Waals surface area contributed by atoms with Gasteiger partial charge >= 0.3 is 0 Å². The van der Waals surface area contributed by atoms with Gasteiger partial charge in [0, 0.05) is 35.5 Å². The van der Waals surface area contributed by atoms with E-state index in [1.54, 1.807) is 0 Å². The van der Waals surface area contributed by atoms with Crippen molar-refractivity contribution in [2.45, 2.75) is 19.9 Å². The zero-order valence-electron chi connectivity index (χ0n) is 14.5. The van der Waals surface area contributed by atoms with E-state index in [-0.39, 0.29) is 5.91 Å². The van der Waals surface area contributed by atoms with Crippen molar-refractivity contribution < 1.29 is 4.79 Å². The van der Waals surface area contributed by atoms with Crippen molar-refractivity contribution in [3.05, 3.63) is 78.0 Å². The molecule has 1 aliphatic rings. The van der Waals surface area contributed by atoms with Crippen LogP contribution in [0.25, 0.3) is 0 Å². The zero-order chi connectivity index (χ0) is 17.1. The lowest BCUT2D eigenvalue weighted by molar-refractivity contribution is 0.0989. The molecular weight excluding hydrogens is 296 g/mol. The first-order valence-corrected chi connectivity index (χ1v) is 8.44. The number of hydrogen-bond acceptors (Lipinski definition) is 2. The summed E-state index contributed by atoms with van der Waals surface area (Å²) in [6, 6.07) is 19.7. The molecule has 1 aliphatic heterocycles. The lowest BCUT2D eigenvalue weighted by Gasteiger charge is -2.38. The van der Waals surface area contributed by atoms with E-state index in [4.69, 9.17) is 0 Å². The fourth-order valence-corrected chi connectivity index (χ4v) is 3.20. The third kappa shape index (κ3) is 3.26. The summed E-state index contributed by atoms with van der Waals surface area (Å²) in [5.41, 5.74) is 2.71. The second-order valence-electron chi connectivity index (χ2n) is 6.51. The molecule has 0 fully saturated rings. The van der Waals surface area contributed by atoms with Gasteiger partial charge in [0.2, 0.25) is 0 Å². The van der Waals surface area contributed by atoms with Crippen LogP contribution in [0.3, 0.4) is 0 Å². The number of carbonyl (C=O) groups excluding carboxylic acids is 1. The van der Waals surface area contributed by atoms with Crippen LogP contribution in [0.2, 0.25) is 0 Å². The molecule has 3 heteroatoms. The highest BCUT2D eigenvalue weighted by Crippen LogP contribution is 2.30. The van der Waals surface area contributed by atoms with Gasteiger partial charge in [0.05, 0.1) is 0 Å². The normalized spacial score (nSPS) is 21.2. The first-order valence-electron chi connectivity index (χ1n) is 8.44. The fourth-order valence-electron chi connectivity index (χ4n) is 3.20. The summed E-state index contributed by atoms with van der Waals surface area (Å²) >= 11 is 0. The second kappa shape index (κ2) is 7.02. The van der Waals surface area contributed by atoms with Crippen LogP contribution in [0.1, 0.15) is 24.2 Å². The number of amides is 1. The Balaban J connectivity index is 2.07. The Kier molecular flexibility index (Phi) is 4.81. The predicted molar refractivity (Wildman–Crippen MR) is 99.0 cm³/mol. The summed E-state index contributed by atoms with van der Waals surface area (Å²) in [5.74, 6) is 0.315. The van der Waals surface area contributed by atoms with Crippen LogP contribution >= 0.6 is 0 Å². The monoisotopic (exact) mass is 320 g/mol. The Morgan fingerprint density at radius 3 is 2.21 bits per heavy atom. The van der Waals surface area contributed by atoms with Gasteiger partial charge in [0.1, 0.15) is 0 Å². The topological polar surface area (TPSA) is 23.6 Å². The molecule has 0 bridgehead atoms. The minimum Gasteiger partial charge on any atom is -0.300 e. The van der Waals surface area contributed by atoms with Gasteiger partial charge in [-0.3, -0.25) is 14.6 Å². The first-order chi connectivity index (χ1) is 11.6. The quantitative estimate of drug-likeness (QED) is 0.847. The molecule has 0 saturated heterocycles. The second-order valence-corrected chi connectivity index (χ2v) is 6.51. The summed E-state index contributed by atoms with van der Waals surface area (Å²) in [6.07, 6.45) is 2.21. The maximum atomic E-state index is 13.2. The number of rotatable bonds is 3. The lowest BCUT2D eigenvalue weighted by atomic mass is 9.97. The largest absolute Gasteiger partial charge is 0.300 e. The third-order valence-corrected chi connectivity index (χ3v) is 4.67. The molecule has 2 unspecified atom stereocenters. The van der Waals surface area contributed by atoms with E-state index in [0.29, 0.717) is 17.5 Å². The smallest absolute Gasteiger partial charge is 0.262 e. The van der Waals surface area contributed by atoms with Crippen LogP contribution in [-0.2, 0) is 0 Å². The first kappa shape index (κ1) is 16.5. The highest BCUT2D eigenvalue weighted by atomic mass is 16.2. The lowest BCUT2D eigenvalue weighted by Crippen LogP contribution is -2.43. The average Bonchev–Trinajstić information content (AvgIpc) is 2.61. The van der Waals surface area contributed by atoms with E-state index < -0.39 is 0 Å². The summed E-state index contributed by atoms with van der Waals surface area (Å²) in [7, 11) is 2.13. The third-order valence-electron chi connectivity index (χ3n) is 4.67.